The molecule has 0 aliphatic carbocycles. The molecule has 3 amide bonds. The van der Waals surface area contributed by atoms with Crippen LogP contribution < -0.4 is 4.90 Å². The fourth-order valence-electron chi connectivity index (χ4n) is 3.99. The van der Waals surface area contributed by atoms with Gasteiger partial charge in [0.1, 0.15) is 0 Å². The van der Waals surface area contributed by atoms with Crippen molar-refractivity contribution >= 4 is 35.0 Å². The Hall–Kier alpha value is -2.34. The molecule has 2 heterocycles. The van der Waals surface area contributed by atoms with E-state index >= 15 is 0 Å². The highest BCUT2D eigenvalue weighted by molar-refractivity contribution is 6.30. The summed E-state index contributed by atoms with van der Waals surface area (Å²) < 4.78 is 0. The Kier molecular flexibility index (Phi) is 6.08. The molecule has 1 atom stereocenters. The number of halogens is 1. The average Bonchev–Trinajstić information content (AvgIpc) is 3.04. The molecule has 1 fully saturated rings. The molecule has 150 valence electrons. The molecule has 0 bridgehead atoms. The topological polar surface area (TPSA) is 60.9 Å². The lowest BCUT2D eigenvalue weighted by atomic mass is 9.95. The number of rotatable bonds is 4. The molecule has 1 aromatic rings. The Morgan fingerprint density at radius 3 is 2.54 bits per heavy atom. The van der Waals surface area contributed by atoms with Crippen LogP contribution in [0.4, 0.5) is 5.69 Å². The van der Waals surface area contributed by atoms with E-state index < -0.39 is 0 Å². The molecule has 0 N–H and O–H groups in total. The van der Waals surface area contributed by atoms with E-state index in [1.165, 1.54) is 6.08 Å². The van der Waals surface area contributed by atoms with Gasteiger partial charge in [-0.05, 0) is 42.7 Å². The van der Waals surface area contributed by atoms with Crippen molar-refractivity contribution < 1.29 is 14.4 Å². The van der Waals surface area contributed by atoms with Gasteiger partial charge >= 0.3 is 0 Å². The summed E-state index contributed by atoms with van der Waals surface area (Å²) in [6, 6.07) is 5.51. The number of hydrogen-bond donors (Lipinski definition) is 0. The first-order chi connectivity index (χ1) is 13.3. The number of anilines is 1. The molecule has 2 aliphatic heterocycles. The minimum atomic E-state index is -0.124. The maximum atomic E-state index is 13.2. The van der Waals surface area contributed by atoms with Crippen molar-refractivity contribution in [2.45, 2.75) is 25.2 Å². The quantitative estimate of drug-likeness (QED) is 0.726. The second-order valence-electron chi connectivity index (χ2n) is 7.64. The van der Waals surface area contributed by atoms with Crippen molar-refractivity contribution in [1.29, 1.82) is 0 Å². The van der Waals surface area contributed by atoms with Crippen LogP contribution in [0, 0.1) is 5.92 Å². The van der Waals surface area contributed by atoms with Crippen molar-refractivity contribution in [1.82, 2.24) is 9.80 Å². The minimum Gasteiger partial charge on any atom is -0.349 e. The van der Waals surface area contributed by atoms with Gasteiger partial charge in [-0.15, -0.1) is 0 Å². The summed E-state index contributed by atoms with van der Waals surface area (Å²) in [7, 11) is 3.47. The summed E-state index contributed by atoms with van der Waals surface area (Å²) in [6.45, 7) is 5.13. The zero-order valence-corrected chi connectivity index (χ0v) is 17.1. The average molecular weight is 404 g/mol. The van der Waals surface area contributed by atoms with Gasteiger partial charge in [0.2, 0.25) is 17.7 Å². The van der Waals surface area contributed by atoms with Crippen molar-refractivity contribution in [2.24, 2.45) is 5.92 Å². The number of fused-ring (bicyclic) bond motifs is 1. The van der Waals surface area contributed by atoms with Crippen LogP contribution in [0.25, 0.3) is 0 Å². The molecule has 0 radical (unpaired) electrons. The number of carbonyl (C=O) groups excluding carboxylic acids is 3. The first-order valence-corrected chi connectivity index (χ1v) is 9.92. The Morgan fingerprint density at radius 2 is 1.93 bits per heavy atom. The lowest BCUT2D eigenvalue weighted by molar-refractivity contribution is -0.131. The van der Waals surface area contributed by atoms with Crippen LogP contribution in [0.3, 0.4) is 0 Å². The van der Waals surface area contributed by atoms with Crippen LogP contribution in [-0.4, -0.2) is 61.3 Å². The summed E-state index contributed by atoms with van der Waals surface area (Å²) in [5.74, 6) is -0.180. The van der Waals surface area contributed by atoms with E-state index in [0.717, 1.165) is 11.3 Å². The van der Waals surface area contributed by atoms with E-state index in [0.29, 0.717) is 43.9 Å². The number of hydrogen-bond acceptors (Lipinski definition) is 3. The summed E-state index contributed by atoms with van der Waals surface area (Å²) in [4.78, 5) is 42.3. The third kappa shape index (κ3) is 4.07. The molecule has 3 rings (SSSR count). The molecule has 7 heteroatoms. The molecular formula is C21H26ClN3O3. The van der Waals surface area contributed by atoms with Crippen LogP contribution in [0.5, 0.6) is 0 Å². The highest BCUT2D eigenvalue weighted by Gasteiger charge is 2.37. The third-order valence-corrected chi connectivity index (χ3v) is 5.87. The summed E-state index contributed by atoms with van der Waals surface area (Å²) >= 11 is 6.18. The van der Waals surface area contributed by atoms with E-state index in [1.807, 2.05) is 12.1 Å². The highest BCUT2D eigenvalue weighted by atomic mass is 35.5. The molecule has 0 aromatic heterocycles. The maximum Gasteiger partial charge on any atom is 0.245 e. The highest BCUT2D eigenvalue weighted by Crippen LogP contribution is 2.41. The minimum absolute atomic E-state index is 0.0291. The van der Waals surface area contributed by atoms with Gasteiger partial charge in [-0.2, -0.15) is 0 Å². The van der Waals surface area contributed by atoms with Crippen molar-refractivity contribution in [3.05, 3.63) is 41.4 Å². The fourth-order valence-corrected chi connectivity index (χ4v) is 4.17. The van der Waals surface area contributed by atoms with Gasteiger partial charge in [0, 0.05) is 62.7 Å². The number of amides is 3. The zero-order valence-electron chi connectivity index (χ0n) is 16.4. The van der Waals surface area contributed by atoms with Crippen LogP contribution >= 0.6 is 11.6 Å². The maximum absolute atomic E-state index is 13.2. The second kappa shape index (κ2) is 8.35. The van der Waals surface area contributed by atoms with Gasteiger partial charge < -0.3 is 14.7 Å². The monoisotopic (exact) mass is 403 g/mol. The largest absolute Gasteiger partial charge is 0.349 e. The zero-order chi connectivity index (χ0) is 20.4. The molecule has 2 aliphatic rings. The molecule has 0 spiro atoms. The van der Waals surface area contributed by atoms with Gasteiger partial charge in [0.15, 0.2) is 0 Å². The van der Waals surface area contributed by atoms with E-state index in [9.17, 15) is 14.4 Å². The van der Waals surface area contributed by atoms with Gasteiger partial charge in [0.05, 0.1) is 0 Å². The Morgan fingerprint density at radius 1 is 1.25 bits per heavy atom. The molecule has 0 saturated carbocycles. The predicted octanol–water partition coefficient (Wildman–Crippen LogP) is 2.67. The predicted molar refractivity (Wildman–Crippen MR) is 109 cm³/mol. The molecule has 6 nitrogen and oxygen atoms in total. The first-order valence-electron chi connectivity index (χ1n) is 9.54. The standard InChI is InChI=1S/C21H26ClN3O3/c1-4-19(26)24-9-7-14(8-10-24)21(28)25-13-15(11-20(27)23(2)3)17-12-16(22)5-6-18(17)25/h4-6,12,14-15H,1,7-11,13H2,2-3H3. The number of carbonyl (C=O) groups is 3. The Labute approximate surface area is 170 Å². The molecule has 1 aromatic carbocycles. The van der Waals surface area contributed by atoms with E-state index in [-0.39, 0.29) is 29.6 Å². The van der Waals surface area contributed by atoms with Crippen LogP contribution in [0.15, 0.2) is 30.9 Å². The van der Waals surface area contributed by atoms with Crippen LogP contribution in [-0.2, 0) is 14.4 Å². The van der Waals surface area contributed by atoms with Crippen LogP contribution in [0.1, 0.15) is 30.7 Å². The molecular weight excluding hydrogens is 378 g/mol. The fraction of sp³-hybridized carbons (Fsp3) is 0.476. The second-order valence-corrected chi connectivity index (χ2v) is 8.08. The Bertz CT molecular complexity index is 800. The summed E-state index contributed by atoms with van der Waals surface area (Å²) in [5.41, 5.74) is 1.80. The SMILES string of the molecule is C=CC(=O)N1CCC(C(=O)N2CC(CC(=O)N(C)C)c3cc(Cl)ccc32)CC1. The van der Waals surface area contributed by atoms with E-state index in [4.69, 9.17) is 11.6 Å². The normalized spacial score (nSPS) is 19.3. The summed E-state index contributed by atoms with van der Waals surface area (Å²) in [6.07, 6.45) is 2.93. The van der Waals surface area contributed by atoms with Crippen molar-refractivity contribution in [3.8, 4) is 0 Å². The number of nitrogens with zero attached hydrogens (tertiary/aromatic N) is 3. The van der Waals surface area contributed by atoms with E-state index in [2.05, 4.69) is 6.58 Å². The molecule has 28 heavy (non-hydrogen) atoms. The number of piperidine rings is 1. The van der Waals surface area contributed by atoms with Crippen molar-refractivity contribution in [2.75, 3.05) is 38.6 Å². The van der Waals surface area contributed by atoms with Crippen LogP contribution in [0.2, 0.25) is 5.02 Å². The Balaban J connectivity index is 1.76. The van der Waals surface area contributed by atoms with E-state index in [1.54, 1.807) is 34.9 Å². The van der Waals surface area contributed by atoms with Gasteiger partial charge in [-0.3, -0.25) is 14.4 Å². The first kappa shape index (κ1) is 20.4. The molecule has 1 saturated heterocycles. The number of benzene rings is 1. The lowest BCUT2D eigenvalue weighted by Crippen LogP contribution is -2.44. The van der Waals surface area contributed by atoms with Crippen molar-refractivity contribution in [3.63, 3.8) is 0 Å². The summed E-state index contributed by atoms with van der Waals surface area (Å²) in [5, 5.41) is 0.603. The van der Waals surface area contributed by atoms with Gasteiger partial charge in [-0.1, -0.05) is 18.2 Å². The lowest BCUT2D eigenvalue weighted by Gasteiger charge is -2.33. The molecule has 1 unspecified atom stereocenters. The van der Waals surface area contributed by atoms with Gasteiger partial charge in [-0.25, -0.2) is 0 Å². The van der Waals surface area contributed by atoms with Gasteiger partial charge in [0.25, 0.3) is 0 Å². The smallest absolute Gasteiger partial charge is 0.245 e. The number of likely N-dealkylation sites (tertiary alicyclic amines) is 1. The third-order valence-electron chi connectivity index (χ3n) is 5.64.